The second kappa shape index (κ2) is 9.30. The maximum Gasteiger partial charge on any atom is 0.295 e. The molecule has 11 heteroatoms. The lowest BCUT2D eigenvalue weighted by Crippen LogP contribution is -2.17. The summed E-state index contributed by atoms with van der Waals surface area (Å²) in [6, 6.07) is 24.7. The first-order valence-electron chi connectivity index (χ1n) is 10.6. The van der Waals surface area contributed by atoms with E-state index in [-0.39, 0.29) is 26.4 Å². The van der Waals surface area contributed by atoms with Crippen molar-refractivity contribution >= 4 is 54.0 Å². The number of sulfonamides is 2. The summed E-state index contributed by atoms with van der Waals surface area (Å²) in [4.78, 5) is 4.15. The SMILES string of the molecule is O=S(=O)(Nc1ccc(Cl)cc1NS(=O)(=O)c1cc2ccccc2o1)c1ccc(-c2ccccc2)nc1. The number of aromatic nitrogens is 1. The van der Waals surface area contributed by atoms with E-state index in [2.05, 4.69) is 14.4 Å². The van der Waals surface area contributed by atoms with E-state index in [9.17, 15) is 16.8 Å². The average molecular weight is 540 g/mol. The molecule has 0 aliphatic heterocycles. The van der Waals surface area contributed by atoms with E-state index in [1.165, 1.54) is 36.5 Å². The van der Waals surface area contributed by atoms with Gasteiger partial charge in [0.2, 0.25) is 5.09 Å². The molecule has 5 rings (SSSR count). The van der Waals surface area contributed by atoms with Gasteiger partial charge in [0.15, 0.2) is 0 Å². The third kappa shape index (κ3) is 4.92. The summed E-state index contributed by atoms with van der Waals surface area (Å²) >= 11 is 6.07. The Labute approximate surface area is 212 Å². The Hall–Kier alpha value is -3.86. The van der Waals surface area contributed by atoms with E-state index in [1.807, 2.05) is 30.3 Å². The van der Waals surface area contributed by atoms with Crippen LogP contribution in [0, 0.1) is 0 Å². The van der Waals surface area contributed by atoms with E-state index in [4.69, 9.17) is 16.0 Å². The van der Waals surface area contributed by atoms with Crippen molar-refractivity contribution in [2.75, 3.05) is 9.44 Å². The van der Waals surface area contributed by atoms with Crippen LogP contribution in [-0.4, -0.2) is 21.8 Å². The predicted octanol–water partition coefficient (Wildman–Crippen LogP) is 5.75. The molecule has 0 saturated carbocycles. The number of benzene rings is 3. The van der Waals surface area contributed by atoms with Crippen molar-refractivity contribution in [2.45, 2.75) is 9.99 Å². The van der Waals surface area contributed by atoms with Gasteiger partial charge >= 0.3 is 0 Å². The van der Waals surface area contributed by atoms with Crippen LogP contribution in [0.5, 0.6) is 0 Å². The van der Waals surface area contributed by atoms with Crippen LogP contribution in [0.15, 0.2) is 112 Å². The molecule has 36 heavy (non-hydrogen) atoms. The first kappa shape index (κ1) is 23.9. The van der Waals surface area contributed by atoms with Crippen molar-refractivity contribution in [3.63, 3.8) is 0 Å². The fraction of sp³-hybridized carbons (Fsp3) is 0. The molecule has 0 saturated heterocycles. The van der Waals surface area contributed by atoms with Crippen LogP contribution in [0.2, 0.25) is 5.02 Å². The second-order valence-corrected chi connectivity index (χ2v) is 11.5. The van der Waals surface area contributed by atoms with Crippen molar-refractivity contribution in [3.05, 3.63) is 102 Å². The molecule has 5 aromatic rings. The van der Waals surface area contributed by atoms with Crippen molar-refractivity contribution in [1.29, 1.82) is 0 Å². The number of para-hydroxylation sites is 1. The molecule has 2 heterocycles. The smallest absolute Gasteiger partial charge is 0.295 e. The molecule has 8 nitrogen and oxygen atoms in total. The highest BCUT2D eigenvalue weighted by Gasteiger charge is 2.23. The van der Waals surface area contributed by atoms with Gasteiger partial charge in [0, 0.05) is 28.2 Å². The number of pyridine rings is 1. The summed E-state index contributed by atoms with van der Waals surface area (Å²) in [5, 5.41) is 0.490. The van der Waals surface area contributed by atoms with Gasteiger partial charge in [-0.05, 0) is 36.4 Å². The topological polar surface area (TPSA) is 118 Å². The molecule has 2 N–H and O–H groups in total. The minimum Gasteiger partial charge on any atom is -0.443 e. The molecule has 0 bridgehead atoms. The summed E-state index contributed by atoms with van der Waals surface area (Å²) in [5.74, 6) is 0. The number of nitrogens with one attached hydrogen (secondary N) is 2. The Kier molecular flexibility index (Phi) is 6.17. The summed E-state index contributed by atoms with van der Waals surface area (Å²) in [7, 11) is -8.30. The molecule has 0 spiro atoms. The summed E-state index contributed by atoms with van der Waals surface area (Å²) in [6.45, 7) is 0. The zero-order valence-electron chi connectivity index (χ0n) is 18.4. The number of halogens is 1. The lowest BCUT2D eigenvalue weighted by atomic mass is 10.1. The van der Waals surface area contributed by atoms with E-state index < -0.39 is 20.0 Å². The minimum atomic E-state index is -4.19. The number of anilines is 2. The van der Waals surface area contributed by atoms with Crippen LogP contribution < -0.4 is 9.44 Å². The zero-order valence-corrected chi connectivity index (χ0v) is 20.8. The molecular weight excluding hydrogens is 522 g/mol. The molecule has 0 radical (unpaired) electrons. The van der Waals surface area contributed by atoms with E-state index >= 15 is 0 Å². The highest BCUT2D eigenvalue weighted by Crippen LogP contribution is 2.31. The summed E-state index contributed by atoms with van der Waals surface area (Å²) in [6.07, 6.45) is 1.23. The van der Waals surface area contributed by atoms with Crippen LogP contribution in [-0.2, 0) is 20.0 Å². The van der Waals surface area contributed by atoms with Gasteiger partial charge < -0.3 is 4.42 Å². The Morgan fingerprint density at radius 1 is 0.722 bits per heavy atom. The quantitative estimate of drug-likeness (QED) is 0.272. The van der Waals surface area contributed by atoms with Gasteiger partial charge in [-0.15, -0.1) is 0 Å². The normalized spacial score (nSPS) is 11.9. The highest BCUT2D eigenvalue weighted by atomic mass is 35.5. The Bertz CT molecular complexity index is 1740. The van der Waals surface area contributed by atoms with Gasteiger partial charge in [-0.25, -0.2) is 8.42 Å². The molecule has 0 atom stereocenters. The van der Waals surface area contributed by atoms with Gasteiger partial charge in [0.25, 0.3) is 20.0 Å². The number of nitrogens with zero attached hydrogens (tertiary/aromatic N) is 1. The van der Waals surface area contributed by atoms with Crippen LogP contribution in [0.4, 0.5) is 11.4 Å². The Morgan fingerprint density at radius 3 is 2.17 bits per heavy atom. The number of hydrogen-bond acceptors (Lipinski definition) is 6. The highest BCUT2D eigenvalue weighted by molar-refractivity contribution is 7.93. The molecule has 0 unspecified atom stereocenters. The molecular formula is C25H18ClN3O5S2. The molecule has 182 valence electrons. The van der Waals surface area contributed by atoms with Crippen molar-refractivity contribution in [1.82, 2.24) is 4.98 Å². The largest absolute Gasteiger partial charge is 0.443 e. The standard InChI is InChI=1S/C25H18ClN3O5S2/c26-19-10-12-22(23(15-19)29-36(32,33)25-14-18-8-4-5-9-24(18)34-25)28-35(30,31)20-11-13-21(27-16-20)17-6-2-1-3-7-17/h1-16,28-29H. The minimum absolute atomic E-state index is 0.0220. The molecule has 3 aromatic carbocycles. The fourth-order valence-electron chi connectivity index (χ4n) is 3.50. The first-order valence-corrected chi connectivity index (χ1v) is 13.9. The van der Waals surface area contributed by atoms with Gasteiger partial charge in [0.1, 0.15) is 10.5 Å². The monoisotopic (exact) mass is 539 g/mol. The predicted molar refractivity (Wildman–Crippen MR) is 139 cm³/mol. The van der Waals surface area contributed by atoms with Gasteiger partial charge in [-0.3, -0.25) is 14.4 Å². The van der Waals surface area contributed by atoms with E-state index in [1.54, 1.807) is 30.3 Å². The van der Waals surface area contributed by atoms with Crippen molar-refractivity contribution in [3.8, 4) is 11.3 Å². The van der Waals surface area contributed by atoms with Gasteiger partial charge in [-0.2, -0.15) is 8.42 Å². The fourth-order valence-corrected chi connectivity index (χ4v) is 5.73. The molecule has 0 amide bonds. The number of rotatable bonds is 7. The van der Waals surface area contributed by atoms with E-state index in [0.717, 1.165) is 5.56 Å². The number of furan rings is 1. The lowest BCUT2D eigenvalue weighted by molar-refractivity contribution is 0.484. The first-order chi connectivity index (χ1) is 17.2. The molecule has 0 fully saturated rings. The molecule has 0 aliphatic carbocycles. The van der Waals surface area contributed by atoms with Crippen LogP contribution >= 0.6 is 11.6 Å². The van der Waals surface area contributed by atoms with Crippen LogP contribution in [0.3, 0.4) is 0 Å². The third-order valence-electron chi connectivity index (χ3n) is 5.25. The van der Waals surface area contributed by atoms with Crippen LogP contribution in [0.25, 0.3) is 22.2 Å². The number of fused-ring (bicyclic) bond motifs is 1. The third-order valence-corrected chi connectivity index (χ3v) is 8.06. The van der Waals surface area contributed by atoms with E-state index in [0.29, 0.717) is 16.7 Å². The summed E-state index contributed by atoms with van der Waals surface area (Å²) in [5.41, 5.74) is 1.76. The molecule has 2 aromatic heterocycles. The van der Waals surface area contributed by atoms with Crippen molar-refractivity contribution < 1.29 is 21.3 Å². The maximum absolute atomic E-state index is 13.1. The lowest BCUT2D eigenvalue weighted by Gasteiger charge is -2.14. The van der Waals surface area contributed by atoms with Gasteiger partial charge in [0.05, 0.1) is 17.1 Å². The Morgan fingerprint density at radius 2 is 1.44 bits per heavy atom. The zero-order chi connectivity index (χ0) is 25.3. The summed E-state index contributed by atoms with van der Waals surface area (Å²) < 4.78 is 62.4. The average Bonchev–Trinajstić information content (AvgIpc) is 3.32. The Balaban J connectivity index is 1.43. The number of hydrogen-bond donors (Lipinski definition) is 2. The second-order valence-electron chi connectivity index (χ2n) is 7.75. The van der Waals surface area contributed by atoms with Crippen molar-refractivity contribution in [2.24, 2.45) is 0 Å². The van der Waals surface area contributed by atoms with Gasteiger partial charge in [-0.1, -0.05) is 60.1 Å². The van der Waals surface area contributed by atoms with Crippen LogP contribution in [0.1, 0.15) is 0 Å². The maximum atomic E-state index is 13.1. The molecule has 0 aliphatic rings.